The van der Waals surface area contributed by atoms with E-state index in [4.69, 9.17) is 0 Å². The molecule has 5 heteroatoms. The van der Waals surface area contributed by atoms with Gasteiger partial charge in [-0.2, -0.15) is 0 Å². The van der Waals surface area contributed by atoms with Gasteiger partial charge < -0.3 is 15.2 Å². The summed E-state index contributed by atoms with van der Waals surface area (Å²) in [5, 5.41) is 3.40. The van der Waals surface area contributed by atoms with E-state index in [2.05, 4.69) is 34.6 Å². The highest BCUT2D eigenvalue weighted by molar-refractivity contribution is 6.01. The Labute approximate surface area is 136 Å². The number of H-pyrrole nitrogens is 1. The maximum absolute atomic E-state index is 12.0. The lowest BCUT2D eigenvalue weighted by Gasteiger charge is -2.14. The van der Waals surface area contributed by atoms with Gasteiger partial charge in [-0.3, -0.25) is 4.79 Å². The standard InChI is InChI=1S/C17H19N3O.ClH/c1-2-20-16-4-3-11(7-12(16)9-17(20)21)15-8-13-10-18-6-5-14(13)19-15;/h3-4,7-8,18-19H,2,5-6,9-10H2,1H3;1H. The van der Waals surface area contributed by atoms with Crippen molar-refractivity contribution in [2.45, 2.75) is 26.3 Å². The monoisotopic (exact) mass is 317 g/mol. The Morgan fingerprint density at radius 2 is 2.09 bits per heavy atom. The summed E-state index contributed by atoms with van der Waals surface area (Å²) in [4.78, 5) is 17.4. The third-order valence-corrected chi connectivity index (χ3v) is 4.50. The van der Waals surface area contributed by atoms with Gasteiger partial charge in [0, 0.05) is 43.1 Å². The summed E-state index contributed by atoms with van der Waals surface area (Å²) < 4.78 is 0. The van der Waals surface area contributed by atoms with E-state index in [9.17, 15) is 4.79 Å². The van der Waals surface area contributed by atoms with Crippen molar-refractivity contribution in [2.24, 2.45) is 0 Å². The maximum atomic E-state index is 12.0. The molecule has 116 valence electrons. The quantitative estimate of drug-likeness (QED) is 0.894. The zero-order valence-electron chi connectivity index (χ0n) is 12.6. The summed E-state index contributed by atoms with van der Waals surface area (Å²) in [6.07, 6.45) is 1.58. The van der Waals surface area contributed by atoms with Crippen LogP contribution in [0.15, 0.2) is 24.3 Å². The van der Waals surface area contributed by atoms with Crippen LogP contribution in [0, 0.1) is 0 Å². The number of aromatic amines is 1. The number of amides is 1. The molecular formula is C17H20ClN3O. The van der Waals surface area contributed by atoms with Gasteiger partial charge in [0.05, 0.1) is 6.42 Å². The van der Waals surface area contributed by atoms with Crippen molar-refractivity contribution in [1.82, 2.24) is 10.3 Å². The Morgan fingerprint density at radius 3 is 2.86 bits per heavy atom. The molecule has 4 rings (SSSR count). The van der Waals surface area contributed by atoms with E-state index in [1.54, 1.807) is 0 Å². The summed E-state index contributed by atoms with van der Waals surface area (Å²) in [6.45, 7) is 4.75. The Kier molecular flexibility index (Phi) is 3.98. The van der Waals surface area contributed by atoms with Crippen LogP contribution >= 0.6 is 12.4 Å². The number of nitrogens with zero attached hydrogens (tertiary/aromatic N) is 1. The molecule has 1 amide bonds. The van der Waals surface area contributed by atoms with Crippen LogP contribution in [0.3, 0.4) is 0 Å². The lowest BCUT2D eigenvalue weighted by Crippen LogP contribution is -2.25. The largest absolute Gasteiger partial charge is 0.358 e. The van der Waals surface area contributed by atoms with Gasteiger partial charge in [-0.05, 0) is 41.8 Å². The van der Waals surface area contributed by atoms with Crippen molar-refractivity contribution < 1.29 is 4.79 Å². The van der Waals surface area contributed by atoms with Crippen LogP contribution in [0.4, 0.5) is 5.69 Å². The number of likely N-dealkylation sites (N-methyl/N-ethyl adjacent to an activating group) is 1. The van der Waals surface area contributed by atoms with Gasteiger partial charge >= 0.3 is 0 Å². The van der Waals surface area contributed by atoms with Crippen LogP contribution in [0.25, 0.3) is 11.3 Å². The molecule has 0 bridgehead atoms. The molecule has 0 saturated heterocycles. The first-order chi connectivity index (χ1) is 10.3. The van der Waals surface area contributed by atoms with Gasteiger partial charge in [-0.15, -0.1) is 12.4 Å². The Morgan fingerprint density at radius 1 is 1.23 bits per heavy atom. The van der Waals surface area contributed by atoms with E-state index in [0.29, 0.717) is 6.42 Å². The van der Waals surface area contributed by atoms with E-state index in [0.717, 1.165) is 43.0 Å². The molecule has 0 atom stereocenters. The van der Waals surface area contributed by atoms with E-state index in [-0.39, 0.29) is 18.3 Å². The number of nitrogens with one attached hydrogen (secondary N) is 2. The predicted molar refractivity (Wildman–Crippen MR) is 90.6 cm³/mol. The molecule has 0 fully saturated rings. The molecule has 2 aromatic rings. The van der Waals surface area contributed by atoms with Gasteiger partial charge in [0.15, 0.2) is 0 Å². The fourth-order valence-corrected chi connectivity index (χ4v) is 3.41. The summed E-state index contributed by atoms with van der Waals surface area (Å²) in [6, 6.07) is 8.59. The minimum atomic E-state index is 0. The van der Waals surface area contributed by atoms with Crippen molar-refractivity contribution in [3.8, 4) is 11.3 Å². The minimum Gasteiger partial charge on any atom is -0.358 e. The van der Waals surface area contributed by atoms with Crippen LogP contribution in [0.1, 0.15) is 23.7 Å². The number of anilines is 1. The summed E-state index contributed by atoms with van der Waals surface area (Å²) >= 11 is 0. The molecule has 3 heterocycles. The fraction of sp³-hybridized carbons (Fsp3) is 0.353. The van der Waals surface area contributed by atoms with Gasteiger partial charge in [0.1, 0.15) is 0 Å². The van der Waals surface area contributed by atoms with Gasteiger partial charge in [-0.25, -0.2) is 0 Å². The number of hydrogen-bond donors (Lipinski definition) is 2. The zero-order valence-corrected chi connectivity index (χ0v) is 13.4. The molecule has 2 N–H and O–H groups in total. The van der Waals surface area contributed by atoms with E-state index < -0.39 is 0 Å². The molecule has 0 radical (unpaired) electrons. The molecule has 0 spiro atoms. The molecule has 2 aliphatic rings. The first-order valence-electron chi connectivity index (χ1n) is 7.61. The summed E-state index contributed by atoms with van der Waals surface area (Å²) in [5.74, 6) is 0.208. The molecule has 1 aromatic carbocycles. The van der Waals surface area contributed by atoms with Crippen molar-refractivity contribution in [3.05, 3.63) is 41.1 Å². The Bertz CT molecular complexity index is 699. The Balaban J connectivity index is 0.00000144. The van der Waals surface area contributed by atoms with E-state index >= 15 is 0 Å². The van der Waals surface area contributed by atoms with Crippen LogP contribution in [-0.4, -0.2) is 24.0 Å². The van der Waals surface area contributed by atoms with E-state index in [1.807, 2.05) is 11.8 Å². The number of benzene rings is 1. The predicted octanol–water partition coefficient (Wildman–Crippen LogP) is 2.66. The lowest BCUT2D eigenvalue weighted by molar-refractivity contribution is -0.117. The molecule has 4 nitrogen and oxygen atoms in total. The number of rotatable bonds is 2. The van der Waals surface area contributed by atoms with Crippen molar-refractivity contribution in [3.63, 3.8) is 0 Å². The summed E-state index contributed by atoms with van der Waals surface area (Å²) in [5.41, 5.74) is 7.26. The molecule has 22 heavy (non-hydrogen) atoms. The second-order valence-electron chi connectivity index (χ2n) is 5.77. The molecule has 0 saturated carbocycles. The lowest BCUT2D eigenvalue weighted by atomic mass is 10.1. The number of carbonyl (C=O) groups excluding carboxylic acids is 1. The zero-order chi connectivity index (χ0) is 14.4. The second-order valence-corrected chi connectivity index (χ2v) is 5.77. The van der Waals surface area contributed by atoms with Crippen LogP contribution in [-0.2, 0) is 24.2 Å². The highest BCUT2D eigenvalue weighted by atomic mass is 35.5. The fourth-order valence-electron chi connectivity index (χ4n) is 3.41. The topological polar surface area (TPSA) is 48.1 Å². The SMILES string of the molecule is CCN1C(=O)Cc2cc(-c3cc4c([nH]3)CCNC4)ccc21.Cl. The average molecular weight is 318 g/mol. The van der Waals surface area contributed by atoms with Crippen molar-refractivity contribution >= 4 is 24.0 Å². The number of halogens is 1. The minimum absolute atomic E-state index is 0. The normalized spacial score (nSPS) is 16.2. The van der Waals surface area contributed by atoms with Crippen LogP contribution < -0.4 is 10.2 Å². The number of fused-ring (bicyclic) bond motifs is 2. The Hall–Kier alpha value is -1.78. The second kappa shape index (κ2) is 5.78. The smallest absolute Gasteiger partial charge is 0.231 e. The molecular weight excluding hydrogens is 298 g/mol. The highest BCUT2D eigenvalue weighted by Crippen LogP contribution is 2.33. The molecule has 0 aliphatic carbocycles. The third kappa shape index (κ3) is 2.32. The average Bonchev–Trinajstić information content (AvgIpc) is 3.05. The highest BCUT2D eigenvalue weighted by Gasteiger charge is 2.26. The third-order valence-electron chi connectivity index (χ3n) is 4.50. The van der Waals surface area contributed by atoms with E-state index in [1.165, 1.54) is 16.8 Å². The summed E-state index contributed by atoms with van der Waals surface area (Å²) in [7, 11) is 0. The molecule has 0 unspecified atom stereocenters. The van der Waals surface area contributed by atoms with Crippen molar-refractivity contribution in [1.29, 1.82) is 0 Å². The number of aromatic nitrogens is 1. The van der Waals surface area contributed by atoms with Crippen molar-refractivity contribution in [2.75, 3.05) is 18.0 Å². The van der Waals surface area contributed by atoms with Crippen LogP contribution in [0.2, 0.25) is 0 Å². The molecule has 2 aliphatic heterocycles. The van der Waals surface area contributed by atoms with Gasteiger partial charge in [0.25, 0.3) is 0 Å². The van der Waals surface area contributed by atoms with Crippen LogP contribution in [0.5, 0.6) is 0 Å². The number of carbonyl (C=O) groups is 1. The number of hydrogen-bond acceptors (Lipinski definition) is 2. The van der Waals surface area contributed by atoms with Gasteiger partial charge in [-0.1, -0.05) is 6.07 Å². The molecule has 1 aromatic heterocycles. The maximum Gasteiger partial charge on any atom is 0.231 e. The first kappa shape index (κ1) is 15.1. The van der Waals surface area contributed by atoms with Gasteiger partial charge in [0.2, 0.25) is 5.91 Å². The first-order valence-corrected chi connectivity index (χ1v) is 7.61.